The standard InChI is InChI=1S/C12H15F2NO2S/c1-8-3-4-9(18-8)7-15-10(16)12(13,14)11(17)5-2-6-11/h3-4,17H,2,5-7H2,1H3,(H,15,16). The Labute approximate surface area is 108 Å². The van der Waals surface area contributed by atoms with Crippen LogP contribution < -0.4 is 5.32 Å². The number of thiophene rings is 1. The number of hydrogen-bond donors (Lipinski definition) is 2. The minimum atomic E-state index is -3.71. The fourth-order valence-corrected chi connectivity index (χ4v) is 2.73. The van der Waals surface area contributed by atoms with Crippen LogP contribution in [0.5, 0.6) is 0 Å². The van der Waals surface area contributed by atoms with Crippen molar-refractivity contribution in [3.63, 3.8) is 0 Å². The zero-order chi connectivity index (χ0) is 13.4. The number of aryl methyl sites for hydroxylation is 1. The normalized spacial score (nSPS) is 18.2. The summed E-state index contributed by atoms with van der Waals surface area (Å²) in [5.41, 5.74) is -2.15. The van der Waals surface area contributed by atoms with Gasteiger partial charge in [0, 0.05) is 9.75 Å². The average molecular weight is 275 g/mol. The van der Waals surface area contributed by atoms with Gasteiger partial charge in [-0.05, 0) is 38.3 Å². The number of carbonyl (C=O) groups is 1. The summed E-state index contributed by atoms with van der Waals surface area (Å²) in [4.78, 5) is 13.3. The molecule has 1 saturated carbocycles. The molecule has 0 saturated heterocycles. The first-order valence-electron chi connectivity index (χ1n) is 5.79. The van der Waals surface area contributed by atoms with Crippen LogP contribution in [0.15, 0.2) is 12.1 Å². The third kappa shape index (κ3) is 2.27. The summed E-state index contributed by atoms with van der Waals surface area (Å²) in [7, 11) is 0. The molecule has 0 spiro atoms. The second-order valence-corrected chi connectivity index (χ2v) is 6.03. The maximum Gasteiger partial charge on any atom is 0.352 e. The molecule has 2 rings (SSSR count). The van der Waals surface area contributed by atoms with Gasteiger partial charge in [-0.25, -0.2) is 0 Å². The van der Waals surface area contributed by atoms with Crippen molar-refractivity contribution in [1.29, 1.82) is 0 Å². The van der Waals surface area contributed by atoms with Crippen molar-refractivity contribution >= 4 is 17.2 Å². The molecule has 0 bridgehead atoms. The number of alkyl halides is 2. The average Bonchev–Trinajstić information content (AvgIpc) is 2.68. The number of nitrogens with one attached hydrogen (secondary N) is 1. The Kier molecular flexibility index (Phi) is 3.42. The highest BCUT2D eigenvalue weighted by Crippen LogP contribution is 2.44. The molecule has 0 unspecified atom stereocenters. The summed E-state index contributed by atoms with van der Waals surface area (Å²) in [5.74, 6) is -5.10. The summed E-state index contributed by atoms with van der Waals surface area (Å²) in [6, 6.07) is 3.65. The third-order valence-corrected chi connectivity index (χ3v) is 4.27. The molecule has 2 N–H and O–H groups in total. The molecule has 3 nitrogen and oxygen atoms in total. The van der Waals surface area contributed by atoms with E-state index in [-0.39, 0.29) is 19.4 Å². The minimum Gasteiger partial charge on any atom is -0.383 e. The first kappa shape index (κ1) is 13.4. The van der Waals surface area contributed by atoms with E-state index in [0.29, 0.717) is 6.42 Å². The Bertz CT molecular complexity index is 455. The van der Waals surface area contributed by atoms with Crippen LogP contribution >= 0.6 is 11.3 Å². The molecule has 1 aliphatic carbocycles. The molecule has 1 aromatic rings. The summed E-state index contributed by atoms with van der Waals surface area (Å²) in [6.07, 6.45) is 0.487. The molecule has 1 heterocycles. The molecule has 0 radical (unpaired) electrons. The lowest BCUT2D eigenvalue weighted by atomic mass is 9.75. The summed E-state index contributed by atoms with van der Waals surface area (Å²) in [6.45, 7) is 1.98. The van der Waals surface area contributed by atoms with Crippen molar-refractivity contribution in [1.82, 2.24) is 5.32 Å². The molecule has 0 aliphatic heterocycles. The van der Waals surface area contributed by atoms with Crippen LogP contribution in [0, 0.1) is 6.92 Å². The van der Waals surface area contributed by atoms with E-state index in [1.54, 1.807) is 6.07 Å². The Balaban J connectivity index is 1.95. The van der Waals surface area contributed by atoms with Crippen LogP contribution in [0.2, 0.25) is 0 Å². The van der Waals surface area contributed by atoms with E-state index >= 15 is 0 Å². The van der Waals surface area contributed by atoms with Gasteiger partial charge in [0.1, 0.15) is 5.60 Å². The molecule has 18 heavy (non-hydrogen) atoms. The molecule has 1 aliphatic rings. The highest BCUT2D eigenvalue weighted by atomic mass is 32.1. The van der Waals surface area contributed by atoms with Gasteiger partial charge in [-0.15, -0.1) is 11.3 Å². The van der Waals surface area contributed by atoms with E-state index < -0.39 is 17.4 Å². The summed E-state index contributed by atoms with van der Waals surface area (Å²) >= 11 is 1.45. The van der Waals surface area contributed by atoms with Gasteiger partial charge < -0.3 is 10.4 Å². The number of rotatable bonds is 4. The summed E-state index contributed by atoms with van der Waals surface area (Å²) < 4.78 is 27.4. The predicted molar refractivity (Wildman–Crippen MR) is 64.7 cm³/mol. The zero-order valence-electron chi connectivity index (χ0n) is 10.0. The van der Waals surface area contributed by atoms with Crippen molar-refractivity contribution < 1.29 is 18.7 Å². The van der Waals surface area contributed by atoms with Crippen molar-refractivity contribution in [3.8, 4) is 0 Å². The maximum absolute atomic E-state index is 13.7. The smallest absolute Gasteiger partial charge is 0.352 e. The fraction of sp³-hybridized carbons (Fsp3) is 0.583. The van der Waals surface area contributed by atoms with E-state index in [4.69, 9.17) is 0 Å². The van der Waals surface area contributed by atoms with Crippen LogP contribution in [-0.2, 0) is 11.3 Å². The van der Waals surface area contributed by atoms with E-state index in [9.17, 15) is 18.7 Å². The van der Waals surface area contributed by atoms with Crippen molar-refractivity contribution in [2.75, 3.05) is 0 Å². The minimum absolute atomic E-state index is 0.0223. The second-order valence-electron chi connectivity index (χ2n) is 4.65. The number of halogens is 2. The van der Waals surface area contributed by atoms with Gasteiger partial charge >= 0.3 is 5.92 Å². The predicted octanol–water partition coefficient (Wildman–Crippen LogP) is 2.22. The SMILES string of the molecule is Cc1ccc(CNC(=O)C(F)(F)C2(O)CCC2)s1. The van der Waals surface area contributed by atoms with E-state index in [0.717, 1.165) is 9.75 Å². The summed E-state index contributed by atoms with van der Waals surface area (Å²) in [5, 5.41) is 11.8. The van der Waals surface area contributed by atoms with Crippen molar-refractivity contribution in [3.05, 3.63) is 21.9 Å². The van der Waals surface area contributed by atoms with E-state index in [1.807, 2.05) is 13.0 Å². The number of amides is 1. The molecule has 0 aromatic carbocycles. The first-order valence-corrected chi connectivity index (χ1v) is 6.61. The largest absolute Gasteiger partial charge is 0.383 e. The first-order chi connectivity index (χ1) is 8.35. The van der Waals surface area contributed by atoms with Gasteiger partial charge in [0.25, 0.3) is 5.91 Å². The zero-order valence-corrected chi connectivity index (χ0v) is 10.8. The Hall–Kier alpha value is -1.01. The van der Waals surface area contributed by atoms with Crippen molar-refractivity contribution in [2.24, 2.45) is 0 Å². The molecule has 0 atom stereocenters. The van der Waals surface area contributed by atoms with Crippen molar-refractivity contribution in [2.45, 2.75) is 44.3 Å². The molecule has 1 amide bonds. The topological polar surface area (TPSA) is 49.3 Å². The highest BCUT2D eigenvalue weighted by molar-refractivity contribution is 7.11. The molecule has 1 fully saturated rings. The molecule has 100 valence electrons. The van der Waals surface area contributed by atoms with Gasteiger partial charge in [0.05, 0.1) is 6.54 Å². The maximum atomic E-state index is 13.7. The molecule has 1 aromatic heterocycles. The third-order valence-electron chi connectivity index (χ3n) is 3.27. The lowest BCUT2D eigenvalue weighted by molar-refractivity contribution is -0.216. The number of aliphatic hydroxyl groups is 1. The number of carbonyl (C=O) groups excluding carboxylic acids is 1. The lowest BCUT2D eigenvalue weighted by Gasteiger charge is -2.41. The quantitative estimate of drug-likeness (QED) is 0.885. The Morgan fingerprint density at radius 2 is 2.22 bits per heavy atom. The fourth-order valence-electron chi connectivity index (χ4n) is 1.90. The van der Waals surface area contributed by atoms with Crippen LogP contribution in [0.3, 0.4) is 0 Å². The monoisotopic (exact) mass is 275 g/mol. The van der Waals surface area contributed by atoms with Crippen LogP contribution in [-0.4, -0.2) is 22.5 Å². The van der Waals surface area contributed by atoms with Gasteiger partial charge in [0.2, 0.25) is 0 Å². The van der Waals surface area contributed by atoms with Gasteiger partial charge in [-0.2, -0.15) is 8.78 Å². The van der Waals surface area contributed by atoms with E-state index in [2.05, 4.69) is 5.32 Å². The van der Waals surface area contributed by atoms with Crippen LogP contribution in [0.1, 0.15) is 29.0 Å². The molecular weight excluding hydrogens is 260 g/mol. The molecule has 6 heteroatoms. The molecular formula is C12H15F2NO2S. The lowest BCUT2D eigenvalue weighted by Crippen LogP contribution is -2.60. The van der Waals surface area contributed by atoms with Crippen LogP contribution in [0.4, 0.5) is 8.78 Å². The Morgan fingerprint density at radius 1 is 1.56 bits per heavy atom. The second kappa shape index (κ2) is 4.59. The Morgan fingerprint density at radius 3 is 2.67 bits per heavy atom. The van der Waals surface area contributed by atoms with Crippen LogP contribution in [0.25, 0.3) is 0 Å². The number of hydrogen-bond acceptors (Lipinski definition) is 3. The van der Waals surface area contributed by atoms with Gasteiger partial charge in [0.15, 0.2) is 0 Å². The highest BCUT2D eigenvalue weighted by Gasteiger charge is 2.61. The van der Waals surface area contributed by atoms with Gasteiger partial charge in [-0.3, -0.25) is 4.79 Å². The van der Waals surface area contributed by atoms with E-state index in [1.165, 1.54) is 11.3 Å². The van der Waals surface area contributed by atoms with Gasteiger partial charge in [-0.1, -0.05) is 0 Å².